The first-order chi connectivity index (χ1) is 6.86. The Hall–Kier alpha value is -1.39. The highest BCUT2D eigenvalue weighted by Gasteiger charge is 2.33. The summed E-state index contributed by atoms with van der Waals surface area (Å²) < 4.78 is 0. The highest BCUT2D eigenvalue weighted by atomic mass is 15.2. The molecule has 0 spiro atoms. The molecule has 1 aromatic carbocycles. The fraction of sp³-hybridized carbons (Fsp3) is 0.300. The molecular weight excluding hydrogens is 176 g/mol. The Kier molecular flexibility index (Phi) is 1.59. The Morgan fingerprint density at radius 2 is 2.21 bits per heavy atom. The van der Waals surface area contributed by atoms with Crippen LogP contribution in [0.2, 0.25) is 0 Å². The third kappa shape index (κ3) is 0.981. The smallest absolute Gasteiger partial charge is 0.0959 e. The molecule has 0 bridgehead atoms. The van der Waals surface area contributed by atoms with E-state index >= 15 is 0 Å². The molecule has 2 heterocycles. The van der Waals surface area contributed by atoms with Crippen molar-refractivity contribution in [3.63, 3.8) is 0 Å². The first-order valence-corrected chi connectivity index (χ1v) is 4.75. The first-order valence-electron chi connectivity index (χ1n) is 4.75. The van der Waals surface area contributed by atoms with Crippen LogP contribution in [0.1, 0.15) is 5.56 Å². The maximum absolute atomic E-state index is 5.98. The minimum atomic E-state index is -0.0776. The second-order valence-electron chi connectivity index (χ2n) is 3.60. The summed E-state index contributed by atoms with van der Waals surface area (Å²) in [6.07, 6.45) is -0.0776. The second-order valence-corrected chi connectivity index (χ2v) is 3.60. The van der Waals surface area contributed by atoms with E-state index in [1.54, 1.807) is 0 Å². The minimum Gasteiger partial charge on any atom is -0.368 e. The molecule has 0 amide bonds. The average Bonchev–Trinajstić information content (AvgIpc) is 2.67. The number of aliphatic imine (C=N–C) groups is 1. The van der Waals surface area contributed by atoms with Gasteiger partial charge in [-0.2, -0.15) is 0 Å². The molecule has 0 saturated heterocycles. The normalized spacial score (nSPS) is 28.8. The average molecular weight is 188 g/mol. The SMILES string of the molecule is NC1Nc2ccccc2C2=NCNC21. The fourth-order valence-corrected chi connectivity index (χ4v) is 2.07. The maximum atomic E-state index is 5.98. The van der Waals surface area contributed by atoms with Gasteiger partial charge in [0.15, 0.2) is 0 Å². The molecular formula is C10H12N4. The Balaban J connectivity index is 2.15. The van der Waals surface area contributed by atoms with Gasteiger partial charge in [-0.3, -0.25) is 10.3 Å². The molecule has 4 N–H and O–H groups in total. The molecule has 0 saturated carbocycles. The van der Waals surface area contributed by atoms with Crippen LogP contribution in [-0.2, 0) is 0 Å². The zero-order valence-electron chi connectivity index (χ0n) is 7.70. The van der Waals surface area contributed by atoms with E-state index in [4.69, 9.17) is 5.73 Å². The van der Waals surface area contributed by atoms with E-state index < -0.39 is 0 Å². The largest absolute Gasteiger partial charge is 0.368 e. The van der Waals surface area contributed by atoms with E-state index in [0.29, 0.717) is 6.67 Å². The van der Waals surface area contributed by atoms with Crippen molar-refractivity contribution in [2.75, 3.05) is 12.0 Å². The van der Waals surface area contributed by atoms with Crippen molar-refractivity contribution in [3.8, 4) is 0 Å². The van der Waals surface area contributed by atoms with E-state index in [1.807, 2.05) is 18.2 Å². The monoisotopic (exact) mass is 188 g/mol. The number of nitrogens with two attached hydrogens (primary N) is 1. The highest BCUT2D eigenvalue weighted by Crippen LogP contribution is 2.25. The summed E-state index contributed by atoms with van der Waals surface area (Å²) in [6, 6.07) is 8.29. The summed E-state index contributed by atoms with van der Waals surface area (Å²) in [6.45, 7) is 0.670. The quantitative estimate of drug-likeness (QED) is 0.541. The number of para-hydroxylation sites is 1. The van der Waals surface area contributed by atoms with Crippen LogP contribution in [0.15, 0.2) is 29.3 Å². The van der Waals surface area contributed by atoms with Gasteiger partial charge in [0.25, 0.3) is 0 Å². The minimum absolute atomic E-state index is 0.0776. The van der Waals surface area contributed by atoms with E-state index in [-0.39, 0.29) is 12.2 Å². The molecule has 0 fully saturated rings. The van der Waals surface area contributed by atoms with Crippen molar-refractivity contribution in [2.24, 2.45) is 10.7 Å². The van der Waals surface area contributed by atoms with Gasteiger partial charge in [0.05, 0.1) is 24.6 Å². The Morgan fingerprint density at radius 1 is 1.36 bits per heavy atom. The summed E-state index contributed by atoms with van der Waals surface area (Å²) in [5, 5.41) is 6.52. The van der Waals surface area contributed by atoms with Crippen LogP contribution in [0.3, 0.4) is 0 Å². The molecule has 0 radical (unpaired) electrons. The lowest BCUT2D eigenvalue weighted by Crippen LogP contribution is -2.54. The zero-order chi connectivity index (χ0) is 9.54. The van der Waals surface area contributed by atoms with Crippen molar-refractivity contribution in [3.05, 3.63) is 29.8 Å². The number of fused-ring (bicyclic) bond motifs is 3. The molecule has 0 aromatic heterocycles. The third-order valence-electron chi connectivity index (χ3n) is 2.74. The first kappa shape index (κ1) is 7.96. The van der Waals surface area contributed by atoms with Crippen molar-refractivity contribution >= 4 is 11.4 Å². The van der Waals surface area contributed by atoms with Crippen LogP contribution in [0.4, 0.5) is 5.69 Å². The standard InChI is InChI=1S/C10H12N4/c11-10-9-8(12-5-13-9)6-3-1-2-4-7(6)14-10/h1-4,9-10,13-14H,5,11H2. The molecule has 1 aromatic rings. The molecule has 4 heteroatoms. The third-order valence-corrected chi connectivity index (χ3v) is 2.74. The second kappa shape index (κ2) is 2.80. The summed E-state index contributed by atoms with van der Waals surface area (Å²) in [5.74, 6) is 0. The molecule has 72 valence electrons. The van der Waals surface area contributed by atoms with Crippen LogP contribution < -0.4 is 16.4 Å². The topological polar surface area (TPSA) is 62.4 Å². The lowest BCUT2D eigenvalue weighted by atomic mass is 9.96. The van der Waals surface area contributed by atoms with Crippen molar-refractivity contribution < 1.29 is 0 Å². The fourth-order valence-electron chi connectivity index (χ4n) is 2.07. The summed E-state index contributed by atoms with van der Waals surface area (Å²) in [7, 11) is 0. The molecule has 2 atom stereocenters. The van der Waals surface area contributed by atoms with Crippen LogP contribution in [0.5, 0.6) is 0 Å². The predicted octanol–water partition coefficient (Wildman–Crippen LogP) is 0.115. The van der Waals surface area contributed by atoms with Gasteiger partial charge in [-0.25, -0.2) is 0 Å². The van der Waals surface area contributed by atoms with Gasteiger partial charge in [-0.15, -0.1) is 0 Å². The van der Waals surface area contributed by atoms with E-state index in [0.717, 1.165) is 11.4 Å². The zero-order valence-corrected chi connectivity index (χ0v) is 7.70. The number of nitrogens with one attached hydrogen (secondary N) is 2. The molecule has 14 heavy (non-hydrogen) atoms. The number of rotatable bonds is 0. The maximum Gasteiger partial charge on any atom is 0.0959 e. The van der Waals surface area contributed by atoms with Crippen molar-refractivity contribution in [1.82, 2.24) is 5.32 Å². The highest BCUT2D eigenvalue weighted by molar-refractivity contribution is 6.11. The van der Waals surface area contributed by atoms with Crippen LogP contribution in [-0.4, -0.2) is 24.6 Å². The van der Waals surface area contributed by atoms with Gasteiger partial charge >= 0.3 is 0 Å². The molecule has 0 aliphatic carbocycles. The van der Waals surface area contributed by atoms with E-state index in [2.05, 4.69) is 21.7 Å². The molecule has 3 rings (SSSR count). The summed E-state index contributed by atoms with van der Waals surface area (Å²) in [5.41, 5.74) is 9.32. The molecule has 2 unspecified atom stereocenters. The Labute approximate surface area is 82.2 Å². The predicted molar refractivity (Wildman–Crippen MR) is 56.4 cm³/mol. The number of hydrogen-bond donors (Lipinski definition) is 3. The van der Waals surface area contributed by atoms with Gasteiger partial charge in [0.2, 0.25) is 0 Å². The van der Waals surface area contributed by atoms with Crippen LogP contribution >= 0.6 is 0 Å². The van der Waals surface area contributed by atoms with E-state index in [1.165, 1.54) is 5.56 Å². The molecule has 4 nitrogen and oxygen atoms in total. The van der Waals surface area contributed by atoms with E-state index in [9.17, 15) is 0 Å². The van der Waals surface area contributed by atoms with Gasteiger partial charge in [-0.05, 0) is 6.07 Å². The summed E-state index contributed by atoms with van der Waals surface area (Å²) in [4.78, 5) is 4.43. The number of anilines is 1. The van der Waals surface area contributed by atoms with Crippen molar-refractivity contribution in [2.45, 2.75) is 12.2 Å². The van der Waals surface area contributed by atoms with Gasteiger partial charge in [-0.1, -0.05) is 18.2 Å². The number of nitrogens with zero attached hydrogens (tertiary/aromatic N) is 1. The summed E-state index contributed by atoms with van der Waals surface area (Å²) >= 11 is 0. The lowest BCUT2D eigenvalue weighted by Gasteiger charge is -2.30. The van der Waals surface area contributed by atoms with Gasteiger partial charge in [0, 0.05) is 11.3 Å². The van der Waals surface area contributed by atoms with Crippen LogP contribution in [0.25, 0.3) is 0 Å². The Morgan fingerprint density at radius 3 is 3.14 bits per heavy atom. The number of benzene rings is 1. The van der Waals surface area contributed by atoms with Gasteiger partial charge in [0.1, 0.15) is 0 Å². The molecule has 2 aliphatic heterocycles. The molecule has 2 aliphatic rings. The van der Waals surface area contributed by atoms with Gasteiger partial charge < -0.3 is 11.1 Å². The lowest BCUT2D eigenvalue weighted by molar-refractivity contribution is 0.586. The number of hydrogen-bond acceptors (Lipinski definition) is 4. The van der Waals surface area contributed by atoms with Crippen molar-refractivity contribution in [1.29, 1.82) is 0 Å². The Bertz CT molecular complexity index is 399. The van der Waals surface area contributed by atoms with Crippen LogP contribution in [0, 0.1) is 0 Å².